The molecule has 2 atom stereocenters. The zero-order valence-electron chi connectivity index (χ0n) is 17.7. The van der Waals surface area contributed by atoms with E-state index in [1.807, 2.05) is 47.4 Å². The fraction of sp³-hybridized carbons (Fsp3) is 0.375. The van der Waals surface area contributed by atoms with E-state index in [0.717, 1.165) is 29.7 Å². The number of carbonyl (C=O) groups is 1. The number of nitrogens with zero attached hydrogens (tertiary/aromatic N) is 3. The van der Waals surface area contributed by atoms with Gasteiger partial charge in [0, 0.05) is 19.0 Å². The Kier molecular flexibility index (Phi) is 4.88. The summed E-state index contributed by atoms with van der Waals surface area (Å²) < 4.78 is 12.4. The normalized spacial score (nSPS) is 19.7. The summed E-state index contributed by atoms with van der Waals surface area (Å²) >= 11 is 0. The Hall–Kier alpha value is -3.35. The van der Waals surface area contributed by atoms with Crippen LogP contribution in [0.1, 0.15) is 24.2 Å². The van der Waals surface area contributed by atoms with Crippen molar-refractivity contribution < 1.29 is 14.3 Å². The summed E-state index contributed by atoms with van der Waals surface area (Å²) in [6, 6.07) is 13.1. The minimum Gasteiger partial charge on any atom is -0.493 e. The van der Waals surface area contributed by atoms with Gasteiger partial charge in [0.15, 0.2) is 11.5 Å². The molecule has 2 aromatic carbocycles. The van der Waals surface area contributed by atoms with Crippen molar-refractivity contribution in [3.05, 3.63) is 64.2 Å². The van der Waals surface area contributed by atoms with Gasteiger partial charge in [0.05, 0.1) is 37.6 Å². The predicted molar refractivity (Wildman–Crippen MR) is 117 cm³/mol. The Morgan fingerprint density at radius 2 is 1.84 bits per heavy atom. The van der Waals surface area contributed by atoms with E-state index in [0.29, 0.717) is 29.9 Å². The first kappa shape index (κ1) is 19.6. The third kappa shape index (κ3) is 3.34. The van der Waals surface area contributed by atoms with Crippen LogP contribution in [-0.2, 0) is 24.2 Å². The van der Waals surface area contributed by atoms with Crippen LogP contribution in [0.3, 0.4) is 0 Å². The zero-order chi connectivity index (χ0) is 21.5. The zero-order valence-corrected chi connectivity index (χ0v) is 17.7. The van der Waals surface area contributed by atoms with Gasteiger partial charge >= 0.3 is 0 Å². The molecule has 3 aromatic rings. The lowest BCUT2D eigenvalue weighted by molar-refractivity contribution is -0.133. The van der Waals surface area contributed by atoms with Gasteiger partial charge < -0.3 is 14.4 Å². The number of rotatable bonds is 4. The van der Waals surface area contributed by atoms with E-state index < -0.39 is 0 Å². The molecule has 7 nitrogen and oxygen atoms in total. The largest absolute Gasteiger partial charge is 0.493 e. The van der Waals surface area contributed by atoms with Crippen molar-refractivity contribution in [1.29, 1.82) is 0 Å². The molecule has 7 heteroatoms. The minimum atomic E-state index is -0.0135. The van der Waals surface area contributed by atoms with E-state index in [2.05, 4.69) is 0 Å². The van der Waals surface area contributed by atoms with Gasteiger partial charge in [0.25, 0.3) is 5.56 Å². The Labute approximate surface area is 180 Å². The lowest BCUT2D eigenvalue weighted by Gasteiger charge is -2.28. The molecular formula is C24H25N3O4. The lowest BCUT2D eigenvalue weighted by Crippen LogP contribution is -2.43. The van der Waals surface area contributed by atoms with E-state index in [9.17, 15) is 9.59 Å². The molecule has 160 valence electrons. The molecule has 1 aromatic heterocycles. The van der Waals surface area contributed by atoms with Gasteiger partial charge in [0.1, 0.15) is 5.82 Å². The van der Waals surface area contributed by atoms with E-state index in [4.69, 9.17) is 14.5 Å². The third-order valence-corrected chi connectivity index (χ3v) is 6.46. The number of benzene rings is 2. The molecule has 2 aliphatic rings. The van der Waals surface area contributed by atoms with E-state index in [-0.39, 0.29) is 30.0 Å². The number of aromatic nitrogens is 2. The fourth-order valence-electron chi connectivity index (χ4n) is 4.98. The Morgan fingerprint density at radius 3 is 2.65 bits per heavy atom. The maximum atomic E-state index is 13.4. The quantitative estimate of drug-likeness (QED) is 0.650. The monoisotopic (exact) mass is 419 g/mol. The number of amides is 1. The van der Waals surface area contributed by atoms with Crippen molar-refractivity contribution in [1.82, 2.24) is 14.5 Å². The molecule has 2 bridgehead atoms. The van der Waals surface area contributed by atoms with Gasteiger partial charge in [-0.1, -0.05) is 18.2 Å². The summed E-state index contributed by atoms with van der Waals surface area (Å²) in [4.78, 5) is 33.2. The van der Waals surface area contributed by atoms with Crippen LogP contribution in [0, 0.1) is 0 Å². The van der Waals surface area contributed by atoms with E-state index >= 15 is 0 Å². The molecule has 0 N–H and O–H groups in total. The summed E-state index contributed by atoms with van der Waals surface area (Å²) in [6.07, 6.45) is 2.73. The highest BCUT2D eigenvalue weighted by molar-refractivity contribution is 5.80. The number of para-hydroxylation sites is 1. The van der Waals surface area contributed by atoms with Crippen molar-refractivity contribution in [2.75, 3.05) is 14.2 Å². The van der Waals surface area contributed by atoms with E-state index in [1.54, 1.807) is 18.8 Å². The first-order chi connectivity index (χ1) is 15.1. The third-order valence-electron chi connectivity index (χ3n) is 6.46. The highest BCUT2D eigenvalue weighted by atomic mass is 16.5. The van der Waals surface area contributed by atoms with Crippen molar-refractivity contribution >= 4 is 16.8 Å². The van der Waals surface area contributed by atoms with Gasteiger partial charge in [-0.25, -0.2) is 4.98 Å². The Bertz CT molecular complexity index is 1220. The molecule has 0 spiro atoms. The molecule has 2 unspecified atom stereocenters. The van der Waals surface area contributed by atoms with Crippen molar-refractivity contribution in [2.24, 2.45) is 0 Å². The van der Waals surface area contributed by atoms with Crippen LogP contribution in [-0.4, -0.2) is 46.7 Å². The summed E-state index contributed by atoms with van der Waals surface area (Å²) in [5.74, 6) is 2.10. The van der Waals surface area contributed by atoms with Gasteiger partial charge in [-0.05, 0) is 42.7 Å². The van der Waals surface area contributed by atoms with Crippen molar-refractivity contribution in [3.63, 3.8) is 0 Å². The second kappa shape index (κ2) is 7.72. The molecule has 1 fully saturated rings. The molecule has 31 heavy (non-hydrogen) atoms. The maximum absolute atomic E-state index is 13.4. The van der Waals surface area contributed by atoms with E-state index in [1.165, 1.54) is 0 Å². The summed E-state index contributed by atoms with van der Waals surface area (Å²) in [5, 5.41) is 0.632. The van der Waals surface area contributed by atoms with Crippen LogP contribution in [0.15, 0.2) is 47.3 Å². The average Bonchev–Trinajstić information content (AvgIpc) is 3.09. The topological polar surface area (TPSA) is 73.7 Å². The second-order valence-corrected chi connectivity index (χ2v) is 8.22. The number of hydrogen-bond acceptors (Lipinski definition) is 5. The lowest BCUT2D eigenvalue weighted by atomic mass is 10.1. The number of carbonyl (C=O) groups excluding carboxylic acids is 1. The fourth-order valence-corrected chi connectivity index (χ4v) is 4.98. The van der Waals surface area contributed by atoms with Gasteiger partial charge in [0.2, 0.25) is 5.91 Å². The maximum Gasteiger partial charge on any atom is 0.261 e. The van der Waals surface area contributed by atoms with Crippen molar-refractivity contribution in [3.8, 4) is 11.5 Å². The molecule has 1 amide bonds. The molecule has 2 aliphatic heterocycles. The molecule has 1 saturated heterocycles. The second-order valence-electron chi connectivity index (χ2n) is 8.22. The Morgan fingerprint density at radius 1 is 1.06 bits per heavy atom. The molecule has 3 heterocycles. The Balaban J connectivity index is 1.44. The number of ether oxygens (including phenoxy) is 2. The first-order valence-corrected chi connectivity index (χ1v) is 10.6. The molecule has 5 rings (SSSR count). The average molecular weight is 419 g/mol. The van der Waals surface area contributed by atoms with Crippen LogP contribution >= 0.6 is 0 Å². The highest BCUT2D eigenvalue weighted by Gasteiger charge is 2.40. The van der Waals surface area contributed by atoms with Gasteiger partial charge in [-0.2, -0.15) is 0 Å². The van der Waals surface area contributed by atoms with Gasteiger partial charge in [-0.15, -0.1) is 0 Å². The molecule has 0 aliphatic carbocycles. The first-order valence-electron chi connectivity index (χ1n) is 10.6. The van der Waals surface area contributed by atoms with Crippen LogP contribution < -0.4 is 15.0 Å². The van der Waals surface area contributed by atoms with Crippen LogP contribution in [0.2, 0.25) is 0 Å². The smallest absolute Gasteiger partial charge is 0.261 e. The highest BCUT2D eigenvalue weighted by Crippen LogP contribution is 2.33. The van der Waals surface area contributed by atoms with Crippen LogP contribution in [0.25, 0.3) is 10.9 Å². The predicted octanol–water partition coefficient (Wildman–Crippen LogP) is 2.57. The summed E-state index contributed by atoms with van der Waals surface area (Å²) in [6.45, 7) is 0.500. The molecule has 0 saturated carbocycles. The summed E-state index contributed by atoms with van der Waals surface area (Å²) in [7, 11) is 3.18. The summed E-state index contributed by atoms with van der Waals surface area (Å²) in [5.41, 5.74) is 1.59. The minimum absolute atomic E-state index is 0.0135. The van der Waals surface area contributed by atoms with Gasteiger partial charge in [-0.3, -0.25) is 14.2 Å². The number of fused-ring (bicyclic) bond motifs is 4. The van der Waals surface area contributed by atoms with Crippen LogP contribution in [0.5, 0.6) is 11.5 Å². The van der Waals surface area contributed by atoms with Crippen LogP contribution in [0.4, 0.5) is 0 Å². The van der Waals surface area contributed by atoms with Crippen molar-refractivity contribution in [2.45, 2.75) is 44.3 Å². The SMILES string of the molecule is COc1ccc(CC(=O)N2C3CCC2Cn2c(nc4ccccc4c2=O)C3)cc1OC. The molecule has 0 radical (unpaired) electrons. The number of methoxy groups -OCH3 is 2. The molecular weight excluding hydrogens is 394 g/mol. The standard InChI is InChI=1S/C24H25N3O4/c1-30-20-10-7-15(11-21(20)31-2)12-23(28)27-16-8-9-17(27)14-26-22(13-16)25-19-6-4-3-5-18(19)24(26)29/h3-7,10-11,16-17H,8-9,12-14H2,1-2H3. The number of hydrogen-bond donors (Lipinski definition) is 0.